The van der Waals surface area contributed by atoms with E-state index in [1.165, 1.54) is 12.5 Å². The van der Waals surface area contributed by atoms with Crippen molar-refractivity contribution in [1.82, 2.24) is 9.97 Å². The Hall–Kier alpha value is -2.24. The molecule has 2 unspecified atom stereocenters. The molecular weight excluding hydrogens is 308 g/mol. The van der Waals surface area contributed by atoms with Crippen molar-refractivity contribution in [3.63, 3.8) is 0 Å². The Kier molecular flexibility index (Phi) is 10.1. The SMILES string of the molecule is C=COC(CCC)COc1ccnc(OCC(CCC)OC=C)n1. The average Bonchev–Trinajstić information content (AvgIpc) is 2.59. The number of rotatable bonds is 14. The molecule has 1 aromatic heterocycles. The zero-order valence-electron chi connectivity index (χ0n) is 14.6. The zero-order chi connectivity index (χ0) is 17.6. The molecule has 134 valence electrons. The van der Waals surface area contributed by atoms with Crippen LogP contribution in [0.1, 0.15) is 39.5 Å². The van der Waals surface area contributed by atoms with Crippen molar-refractivity contribution < 1.29 is 18.9 Å². The number of hydrogen-bond donors (Lipinski definition) is 0. The van der Waals surface area contributed by atoms with E-state index in [-0.39, 0.29) is 18.2 Å². The Morgan fingerprint density at radius 1 is 1.00 bits per heavy atom. The Balaban J connectivity index is 2.52. The molecule has 0 radical (unpaired) electrons. The second-order valence-electron chi connectivity index (χ2n) is 5.23. The van der Waals surface area contributed by atoms with E-state index in [1.807, 2.05) is 0 Å². The molecule has 0 saturated heterocycles. The van der Waals surface area contributed by atoms with Crippen LogP contribution in [0.3, 0.4) is 0 Å². The Morgan fingerprint density at radius 3 is 2.12 bits per heavy atom. The van der Waals surface area contributed by atoms with Crippen LogP contribution in [0.2, 0.25) is 0 Å². The topological polar surface area (TPSA) is 62.7 Å². The Morgan fingerprint density at radius 2 is 1.58 bits per heavy atom. The van der Waals surface area contributed by atoms with Gasteiger partial charge in [-0.1, -0.05) is 39.8 Å². The minimum Gasteiger partial charge on any atom is -0.495 e. The van der Waals surface area contributed by atoms with Crippen LogP contribution in [0.5, 0.6) is 11.9 Å². The van der Waals surface area contributed by atoms with E-state index < -0.39 is 0 Å². The fourth-order valence-corrected chi connectivity index (χ4v) is 2.12. The van der Waals surface area contributed by atoms with Gasteiger partial charge in [0.05, 0.1) is 12.5 Å². The van der Waals surface area contributed by atoms with Gasteiger partial charge in [-0.05, 0) is 12.8 Å². The maximum atomic E-state index is 5.66. The third-order valence-electron chi connectivity index (χ3n) is 3.22. The van der Waals surface area contributed by atoms with Gasteiger partial charge in [0, 0.05) is 12.3 Å². The summed E-state index contributed by atoms with van der Waals surface area (Å²) >= 11 is 0. The lowest BCUT2D eigenvalue weighted by atomic mass is 10.2. The molecule has 6 heteroatoms. The van der Waals surface area contributed by atoms with E-state index in [1.54, 1.807) is 12.3 Å². The summed E-state index contributed by atoms with van der Waals surface area (Å²) in [6.07, 6.45) is 8.12. The van der Waals surface area contributed by atoms with Crippen molar-refractivity contribution >= 4 is 0 Å². The van der Waals surface area contributed by atoms with Crippen molar-refractivity contribution in [2.45, 2.75) is 51.7 Å². The summed E-state index contributed by atoms with van der Waals surface area (Å²) < 4.78 is 22.1. The molecule has 2 atom stereocenters. The van der Waals surface area contributed by atoms with Gasteiger partial charge in [0.2, 0.25) is 5.88 Å². The van der Waals surface area contributed by atoms with Crippen molar-refractivity contribution in [3.8, 4) is 11.9 Å². The molecule has 0 bridgehead atoms. The molecule has 0 spiro atoms. The summed E-state index contributed by atoms with van der Waals surface area (Å²) in [5.74, 6) is 0.449. The first kappa shape index (κ1) is 19.8. The van der Waals surface area contributed by atoms with Crippen molar-refractivity contribution in [2.24, 2.45) is 0 Å². The fraction of sp³-hybridized carbons (Fsp3) is 0.556. The first-order valence-electron chi connectivity index (χ1n) is 8.34. The minimum atomic E-state index is -0.0596. The summed E-state index contributed by atoms with van der Waals surface area (Å²) in [6.45, 7) is 12.1. The number of nitrogens with zero attached hydrogens (tertiary/aromatic N) is 2. The van der Waals surface area contributed by atoms with Crippen LogP contribution in [0.15, 0.2) is 37.9 Å². The quantitative estimate of drug-likeness (QED) is 0.480. The summed E-state index contributed by atoms with van der Waals surface area (Å²) in [5.41, 5.74) is 0. The fourth-order valence-electron chi connectivity index (χ4n) is 2.12. The molecule has 0 aliphatic carbocycles. The molecule has 0 N–H and O–H groups in total. The maximum Gasteiger partial charge on any atom is 0.319 e. The van der Waals surface area contributed by atoms with Gasteiger partial charge in [-0.2, -0.15) is 4.98 Å². The van der Waals surface area contributed by atoms with Crippen LogP contribution in [0.25, 0.3) is 0 Å². The van der Waals surface area contributed by atoms with Crippen LogP contribution in [0.4, 0.5) is 0 Å². The van der Waals surface area contributed by atoms with Crippen LogP contribution in [0, 0.1) is 0 Å². The van der Waals surface area contributed by atoms with Crippen LogP contribution < -0.4 is 9.47 Å². The minimum absolute atomic E-state index is 0.0400. The molecule has 24 heavy (non-hydrogen) atoms. The van der Waals surface area contributed by atoms with Crippen LogP contribution >= 0.6 is 0 Å². The lowest BCUT2D eigenvalue weighted by Gasteiger charge is -2.17. The molecule has 6 nitrogen and oxygen atoms in total. The molecule has 0 fully saturated rings. The van der Waals surface area contributed by atoms with Gasteiger partial charge in [0.25, 0.3) is 0 Å². The van der Waals surface area contributed by atoms with Crippen molar-refractivity contribution in [2.75, 3.05) is 13.2 Å². The molecule has 0 aliphatic rings. The van der Waals surface area contributed by atoms with E-state index in [0.717, 1.165) is 25.7 Å². The molecule has 0 aromatic carbocycles. The van der Waals surface area contributed by atoms with E-state index >= 15 is 0 Å². The zero-order valence-corrected chi connectivity index (χ0v) is 14.6. The first-order chi connectivity index (χ1) is 11.7. The predicted octanol–water partition coefficient (Wildman–Crippen LogP) is 3.89. The van der Waals surface area contributed by atoms with Gasteiger partial charge in [-0.15, -0.1) is 0 Å². The second-order valence-corrected chi connectivity index (χ2v) is 5.23. The van der Waals surface area contributed by atoms with Crippen molar-refractivity contribution in [3.05, 3.63) is 37.9 Å². The van der Waals surface area contributed by atoms with Gasteiger partial charge < -0.3 is 18.9 Å². The van der Waals surface area contributed by atoms with E-state index in [2.05, 4.69) is 37.0 Å². The standard InChI is InChI=1S/C18H28N2O4/c1-5-9-15(21-7-3)13-23-17-11-12-19-18(20-17)24-14-16(10-6-2)22-8-4/h7-8,11-12,15-16H,3-6,9-10,13-14H2,1-2H3. The highest BCUT2D eigenvalue weighted by molar-refractivity contribution is 5.11. The monoisotopic (exact) mass is 336 g/mol. The first-order valence-corrected chi connectivity index (χ1v) is 8.34. The summed E-state index contributed by atoms with van der Waals surface area (Å²) in [7, 11) is 0. The molecular formula is C18H28N2O4. The second kappa shape index (κ2) is 12.2. The number of ether oxygens (including phenoxy) is 4. The van der Waals surface area contributed by atoms with Gasteiger partial charge >= 0.3 is 6.01 Å². The lowest BCUT2D eigenvalue weighted by molar-refractivity contribution is 0.0726. The van der Waals surface area contributed by atoms with E-state index in [0.29, 0.717) is 19.1 Å². The summed E-state index contributed by atoms with van der Waals surface area (Å²) in [4.78, 5) is 8.33. The lowest BCUT2D eigenvalue weighted by Crippen LogP contribution is -2.21. The third-order valence-corrected chi connectivity index (χ3v) is 3.22. The smallest absolute Gasteiger partial charge is 0.319 e. The summed E-state index contributed by atoms with van der Waals surface area (Å²) in [5, 5.41) is 0. The molecule has 1 heterocycles. The highest BCUT2D eigenvalue weighted by Crippen LogP contribution is 2.13. The Labute approximate surface area is 144 Å². The highest BCUT2D eigenvalue weighted by atomic mass is 16.5. The van der Waals surface area contributed by atoms with E-state index in [9.17, 15) is 0 Å². The van der Waals surface area contributed by atoms with Gasteiger partial charge in [-0.25, -0.2) is 4.98 Å². The predicted molar refractivity (Wildman–Crippen MR) is 93.0 cm³/mol. The average molecular weight is 336 g/mol. The molecule has 1 aromatic rings. The molecule has 0 aliphatic heterocycles. The van der Waals surface area contributed by atoms with Crippen LogP contribution in [-0.2, 0) is 9.47 Å². The largest absolute Gasteiger partial charge is 0.495 e. The van der Waals surface area contributed by atoms with E-state index in [4.69, 9.17) is 18.9 Å². The molecule has 0 amide bonds. The normalized spacial score (nSPS) is 12.8. The van der Waals surface area contributed by atoms with Crippen molar-refractivity contribution in [1.29, 1.82) is 0 Å². The Bertz CT molecular complexity index is 443. The molecule has 0 saturated carbocycles. The van der Waals surface area contributed by atoms with Gasteiger partial charge in [0.15, 0.2) is 0 Å². The maximum absolute atomic E-state index is 5.66. The number of hydrogen-bond acceptors (Lipinski definition) is 6. The van der Waals surface area contributed by atoms with Crippen LogP contribution in [-0.4, -0.2) is 35.4 Å². The van der Waals surface area contributed by atoms with Gasteiger partial charge in [0.1, 0.15) is 25.4 Å². The summed E-state index contributed by atoms with van der Waals surface area (Å²) in [6, 6.07) is 1.95. The van der Waals surface area contributed by atoms with Gasteiger partial charge in [-0.3, -0.25) is 0 Å². The highest BCUT2D eigenvalue weighted by Gasteiger charge is 2.12. The number of aromatic nitrogens is 2. The molecule has 1 rings (SSSR count). The third kappa shape index (κ3) is 7.85.